The largest absolute Gasteiger partial charge is 0.456 e. The van der Waals surface area contributed by atoms with Gasteiger partial charge in [-0.25, -0.2) is 0 Å². The average Bonchev–Trinajstić information content (AvgIpc) is 3.65. The lowest BCUT2D eigenvalue weighted by molar-refractivity contribution is 0.149. The first-order valence-corrected chi connectivity index (χ1v) is 14.4. The van der Waals surface area contributed by atoms with Crippen LogP contribution in [-0.4, -0.2) is 22.6 Å². The van der Waals surface area contributed by atoms with Gasteiger partial charge in [0.05, 0.1) is 23.2 Å². The highest BCUT2D eigenvalue weighted by Crippen LogP contribution is 2.52. The fourth-order valence-electron chi connectivity index (χ4n) is 7.96. The fourth-order valence-corrected chi connectivity index (χ4v) is 7.96. The van der Waals surface area contributed by atoms with Crippen LogP contribution in [0.3, 0.4) is 0 Å². The maximum Gasteiger partial charge on any atom is 0.137 e. The van der Waals surface area contributed by atoms with Gasteiger partial charge >= 0.3 is 0 Å². The van der Waals surface area contributed by atoms with Gasteiger partial charge in [-0.05, 0) is 58.3 Å². The third-order valence-electron chi connectivity index (χ3n) is 9.76. The number of rotatable bonds is 1. The molecule has 0 bridgehead atoms. The first-order valence-electron chi connectivity index (χ1n) is 14.4. The van der Waals surface area contributed by atoms with Gasteiger partial charge in [0.25, 0.3) is 0 Å². The van der Waals surface area contributed by atoms with Crippen molar-refractivity contribution in [3.05, 3.63) is 133 Å². The Balaban J connectivity index is 1.21. The molecule has 3 atom stereocenters. The molecule has 0 radical (unpaired) electrons. The highest BCUT2D eigenvalue weighted by atomic mass is 16.3. The lowest BCUT2D eigenvalue weighted by atomic mass is 9.85. The van der Waals surface area contributed by atoms with E-state index in [9.17, 15) is 0 Å². The number of furan rings is 1. The Hall–Kier alpha value is -4.86. The number of aromatic nitrogens is 1. The van der Waals surface area contributed by atoms with Crippen molar-refractivity contribution in [2.75, 3.05) is 7.05 Å². The molecule has 194 valence electrons. The molecule has 5 aromatic carbocycles. The minimum atomic E-state index is 0.233. The number of benzene rings is 5. The predicted octanol–water partition coefficient (Wildman–Crippen LogP) is 9.48. The molecule has 0 fully saturated rings. The second-order valence-corrected chi connectivity index (χ2v) is 11.8. The summed E-state index contributed by atoms with van der Waals surface area (Å²) >= 11 is 0. The number of hydrogen-bond acceptors (Lipinski definition) is 2. The van der Waals surface area contributed by atoms with E-state index in [1.165, 1.54) is 65.6 Å². The molecule has 0 saturated carbocycles. The Labute approximate surface area is 236 Å². The summed E-state index contributed by atoms with van der Waals surface area (Å²) in [6.07, 6.45) is 11.7. The van der Waals surface area contributed by atoms with Crippen molar-refractivity contribution in [1.82, 2.24) is 9.47 Å². The Morgan fingerprint density at radius 2 is 1.56 bits per heavy atom. The average molecular weight is 527 g/mol. The van der Waals surface area contributed by atoms with Crippen LogP contribution in [0, 0.1) is 0 Å². The zero-order valence-corrected chi connectivity index (χ0v) is 22.6. The van der Waals surface area contributed by atoms with Crippen LogP contribution in [0.15, 0.2) is 131 Å². The van der Waals surface area contributed by atoms with Crippen LogP contribution in [0.25, 0.3) is 65.6 Å². The molecular weight excluding hydrogens is 500 g/mol. The molecule has 10 rings (SSSR count). The van der Waals surface area contributed by atoms with Gasteiger partial charge in [0, 0.05) is 33.5 Å². The maximum atomic E-state index is 6.64. The monoisotopic (exact) mass is 526 g/mol. The summed E-state index contributed by atoms with van der Waals surface area (Å²) < 4.78 is 9.22. The highest BCUT2D eigenvalue weighted by molar-refractivity contribution is 6.18. The second kappa shape index (κ2) is 7.66. The lowest BCUT2D eigenvalue weighted by Crippen LogP contribution is -2.42. The predicted molar refractivity (Wildman–Crippen MR) is 169 cm³/mol. The van der Waals surface area contributed by atoms with Crippen molar-refractivity contribution in [1.29, 1.82) is 0 Å². The topological polar surface area (TPSA) is 21.3 Å². The first kappa shape index (κ1) is 21.9. The van der Waals surface area contributed by atoms with Crippen molar-refractivity contribution in [3.63, 3.8) is 0 Å². The van der Waals surface area contributed by atoms with Crippen molar-refractivity contribution in [2.45, 2.75) is 18.1 Å². The van der Waals surface area contributed by atoms with E-state index in [1.807, 2.05) is 0 Å². The van der Waals surface area contributed by atoms with E-state index in [-0.39, 0.29) is 6.17 Å². The van der Waals surface area contributed by atoms with Crippen molar-refractivity contribution in [2.24, 2.45) is 0 Å². The second-order valence-electron chi connectivity index (χ2n) is 11.8. The number of para-hydroxylation sites is 1. The van der Waals surface area contributed by atoms with Crippen LogP contribution in [0.2, 0.25) is 0 Å². The molecule has 0 N–H and O–H groups in total. The fraction of sp³-hybridized carbons (Fsp3) is 0.105. The third kappa shape index (κ3) is 2.77. The molecule has 41 heavy (non-hydrogen) atoms. The van der Waals surface area contributed by atoms with Gasteiger partial charge in [-0.15, -0.1) is 0 Å². The molecular formula is C38H26N2O. The molecule has 7 aromatic rings. The molecule has 3 aliphatic rings. The Bertz CT molecular complexity index is 2360. The summed E-state index contributed by atoms with van der Waals surface area (Å²) in [5.74, 6) is 0.333. The van der Waals surface area contributed by atoms with Gasteiger partial charge in [-0.1, -0.05) is 97.1 Å². The summed E-state index contributed by atoms with van der Waals surface area (Å²) in [5.41, 5.74) is 9.72. The Morgan fingerprint density at radius 1 is 0.707 bits per heavy atom. The van der Waals surface area contributed by atoms with Crippen LogP contribution >= 0.6 is 0 Å². The van der Waals surface area contributed by atoms with E-state index in [1.54, 1.807) is 0 Å². The van der Waals surface area contributed by atoms with Crippen molar-refractivity contribution >= 4 is 54.5 Å². The molecule has 2 aromatic heterocycles. The quantitative estimate of drug-likeness (QED) is 0.212. The standard InChI is InChI=1S/C38H26N2O/c1-39-33-15-5-3-9-24(33)18-32-29-14-7-13-28-30-20-31-27-17-16-23(26-12-6-10-22-8-2-4-11-25(22)26)19-35(27)41-36(31)21-34(30)40(37(28)29)38(32)39/h2-21,32-33,38H,1H3. The van der Waals surface area contributed by atoms with Crippen molar-refractivity contribution < 1.29 is 4.42 Å². The molecule has 3 nitrogen and oxygen atoms in total. The zero-order valence-electron chi connectivity index (χ0n) is 22.6. The molecule has 0 amide bonds. The van der Waals surface area contributed by atoms with Gasteiger partial charge in [-0.2, -0.15) is 0 Å². The Kier molecular flexibility index (Phi) is 4.09. The number of nitrogens with zero attached hydrogens (tertiary/aromatic N) is 2. The lowest BCUT2D eigenvalue weighted by Gasteiger charge is -2.41. The molecule has 0 spiro atoms. The molecule has 1 aliphatic carbocycles. The van der Waals surface area contributed by atoms with E-state index in [0.717, 1.165) is 11.2 Å². The third-order valence-corrected chi connectivity index (χ3v) is 9.76. The number of allylic oxidation sites excluding steroid dienone is 2. The highest BCUT2D eigenvalue weighted by Gasteiger charge is 2.43. The van der Waals surface area contributed by atoms with Gasteiger partial charge in [0.15, 0.2) is 0 Å². The van der Waals surface area contributed by atoms with E-state index in [2.05, 4.69) is 138 Å². The molecule has 2 aliphatic heterocycles. The van der Waals surface area contributed by atoms with Crippen LogP contribution in [0.5, 0.6) is 0 Å². The summed E-state index contributed by atoms with van der Waals surface area (Å²) in [5, 5.41) is 7.49. The summed E-state index contributed by atoms with van der Waals surface area (Å²) in [6, 6.07) is 33.6. The number of fused-ring (bicyclic) bond motifs is 11. The smallest absolute Gasteiger partial charge is 0.137 e. The number of likely N-dealkylation sites (N-methyl/N-ethyl adjacent to an activating group) is 1. The molecule has 0 saturated heterocycles. The van der Waals surface area contributed by atoms with Crippen LogP contribution in [-0.2, 0) is 0 Å². The summed E-state index contributed by atoms with van der Waals surface area (Å²) in [7, 11) is 2.27. The SMILES string of the molecule is CN1C2C=CC=CC2=CC2c3cccc4c5cc6c(cc5n(c34)C21)oc1cc(-c2cccc3ccccc23)ccc16. The molecule has 3 heteroatoms. The van der Waals surface area contributed by atoms with Gasteiger partial charge in [0.2, 0.25) is 0 Å². The van der Waals surface area contributed by atoms with Gasteiger partial charge in [-0.3, -0.25) is 4.90 Å². The molecule has 3 unspecified atom stereocenters. The molecule has 4 heterocycles. The summed E-state index contributed by atoms with van der Waals surface area (Å²) in [6.45, 7) is 0. The number of hydrogen-bond donors (Lipinski definition) is 0. The first-order chi connectivity index (χ1) is 20.2. The van der Waals surface area contributed by atoms with Crippen LogP contribution < -0.4 is 0 Å². The van der Waals surface area contributed by atoms with Gasteiger partial charge < -0.3 is 8.98 Å². The minimum absolute atomic E-state index is 0.233. The van der Waals surface area contributed by atoms with Gasteiger partial charge in [0.1, 0.15) is 11.2 Å². The Morgan fingerprint density at radius 3 is 2.54 bits per heavy atom. The van der Waals surface area contributed by atoms with Crippen LogP contribution in [0.4, 0.5) is 0 Å². The van der Waals surface area contributed by atoms with E-state index < -0.39 is 0 Å². The maximum absolute atomic E-state index is 6.64. The normalized spacial score (nSPS) is 21.4. The van der Waals surface area contributed by atoms with Crippen LogP contribution in [0.1, 0.15) is 17.6 Å². The van der Waals surface area contributed by atoms with E-state index in [4.69, 9.17) is 4.42 Å². The van der Waals surface area contributed by atoms with E-state index in [0.29, 0.717) is 12.0 Å². The zero-order chi connectivity index (χ0) is 26.8. The summed E-state index contributed by atoms with van der Waals surface area (Å²) in [4.78, 5) is 2.54. The minimum Gasteiger partial charge on any atom is -0.456 e. The van der Waals surface area contributed by atoms with E-state index >= 15 is 0 Å². The van der Waals surface area contributed by atoms with Crippen molar-refractivity contribution in [3.8, 4) is 11.1 Å².